The zero-order valence-corrected chi connectivity index (χ0v) is 10.8. The summed E-state index contributed by atoms with van der Waals surface area (Å²) in [4.78, 5) is 6.72. The summed E-state index contributed by atoms with van der Waals surface area (Å²) in [5, 5.41) is 9.43. The molecule has 2 heterocycles. The van der Waals surface area contributed by atoms with Gasteiger partial charge >= 0.3 is 0 Å². The molecule has 2 unspecified atom stereocenters. The minimum Gasteiger partial charge on any atom is -0.387 e. The second-order valence-electron chi connectivity index (χ2n) is 5.14. The fourth-order valence-corrected chi connectivity index (χ4v) is 2.35. The third kappa shape index (κ3) is 3.19. The highest BCUT2D eigenvalue weighted by Gasteiger charge is 2.14. The number of nitrogens with zero attached hydrogens (tertiary/aromatic N) is 2. The van der Waals surface area contributed by atoms with Gasteiger partial charge in [-0.1, -0.05) is 6.92 Å². The van der Waals surface area contributed by atoms with Gasteiger partial charge in [0, 0.05) is 13.1 Å². The van der Waals surface area contributed by atoms with Crippen molar-refractivity contribution < 1.29 is 5.11 Å². The van der Waals surface area contributed by atoms with E-state index in [4.69, 9.17) is 0 Å². The van der Waals surface area contributed by atoms with E-state index in [1.807, 2.05) is 12.3 Å². The van der Waals surface area contributed by atoms with Gasteiger partial charge in [0.15, 0.2) is 0 Å². The molecule has 1 N–H and O–H groups in total. The molecular formula is C14H22N2O. The molecule has 1 aromatic heterocycles. The summed E-state index contributed by atoms with van der Waals surface area (Å²) in [5.41, 5.74) is 1.93. The summed E-state index contributed by atoms with van der Waals surface area (Å²) < 4.78 is 0. The lowest BCUT2D eigenvalue weighted by molar-refractivity contribution is 0.194. The zero-order valence-electron chi connectivity index (χ0n) is 10.8. The lowest BCUT2D eigenvalue weighted by atomic mass is 10.0. The molecule has 2 atom stereocenters. The molecule has 1 fully saturated rings. The van der Waals surface area contributed by atoms with Crippen LogP contribution in [0.5, 0.6) is 0 Å². The van der Waals surface area contributed by atoms with Crippen molar-refractivity contribution in [3.63, 3.8) is 0 Å². The van der Waals surface area contributed by atoms with Gasteiger partial charge < -0.3 is 10.0 Å². The second-order valence-corrected chi connectivity index (χ2v) is 5.14. The summed E-state index contributed by atoms with van der Waals surface area (Å²) in [6, 6.07) is 4.00. The maximum atomic E-state index is 9.43. The SMILES string of the molecule is CC1CCCN(c2ccc(C(C)O)nc2)CC1. The van der Waals surface area contributed by atoms with E-state index in [9.17, 15) is 5.11 Å². The van der Waals surface area contributed by atoms with Crippen LogP contribution in [0.25, 0.3) is 0 Å². The standard InChI is InChI=1S/C14H22N2O/c1-11-4-3-8-16(9-7-11)13-5-6-14(12(2)17)15-10-13/h5-6,10-12,17H,3-4,7-9H2,1-2H3. The van der Waals surface area contributed by atoms with Gasteiger partial charge in [-0.2, -0.15) is 0 Å². The monoisotopic (exact) mass is 234 g/mol. The summed E-state index contributed by atoms with van der Waals surface area (Å²) >= 11 is 0. The van der Waals surface area contributed by atoms with Crippen LogP contribution in [0, 0.1) is 5.92 Å². The summed E-state index contributed by atoms with van der Waals surface area (Å²) in [5.74, 6) is 0.838. The van der Waals surface area contributed by atoms with Crippen LogP contribution in [-0.4, -0.2) is 23.2 Å². The Hall–Kier alpha value is -1.09. The van der Waals surface area contributed by atoms with Gasteiger partial charge in [0.25, 0.3) is 0 Å². The Morgan fingerprint density at radius 1 is 1.35 bits per heavy atom. The minimum atomic E-state index is -0.479. The van der Waals surface area contributed by atoms with E-state index in [2.05, 4.69) is 22.9 Å². The molecule has 3 heteroatoms. The highest BCUT2D eigenvalue weighted by molar-refractivity contribution is 5.44. The first kappa shape index (κ1) is 12.4. The Bertz CT molecular complexity index is 348. The number of hydrogen-bond acceptors (Lipinski definition) is 3. The van der Waals surface area contributed by atoms with Crippen LogP contribution in [0.1, 0.15) is 44.9 Å². The molecule has 0 spiro atoms. The van der Waals surface area contributed by atoms with Crippen molar-refractivity contribution in [3.8, 4) is 0 Å². The highest BCUT2D eigenvalue weighted by Crippen LogP contribution is 2.22. The molecule has 0 bridgehead atoms. The molecule has 17 heavy (non-hydrogen) atoms. The molecule has 0 aromatic carbocycles. The predicted octanol–water partition coefficient (Wildman–Crippen LogP) is 2.76. The van der Waals surface area contributed by atoms with E-state index in [0.29, 0.717) is 0 Å². The number of aliphatic hydroxyl groups excluding tert-OH is 1. The fraction of sp³-hybridized carbons (Fsp3) is 0.643. The van der Waals surface area contributed by atoms with Gasteiger partial charge in [0.05, 0.1) is 23.7 Å². The molecular weight excluding hydrogens is 212 g/mol. The van der Waals surface area contributed by atoms with Gasteiger partial charge in [0.2, 0.25) is 0 Å². The van der Waals surface area contributed by atoms with Gasteiger partial charge in [-0.3, -0.25) is 4.98 Å². The molecule has 0 aliphatic carbocycles. The van der Waals surface area contributed by atoms with Gasteiger partial charge in [-0.15, -0.1) is 0 Å². The average molecular weight is 234 g/mol. The van der Waals surface area contributed by atoms with Gasteiger partial charge in [-0.05, 0) is 44.2 Å². The molecule has 0 amide bonds. The first-order valence-electron chi connectivity index (χ1n) is 6.56. The summed E-state index contributed by atoms with van der Waals surface area (Å²) in [6.07, 6.45) is 5.26. The molecule has 0 saturated carbocycles. The number of hydrogen-bond donors (Lipinski definition) is 1. The Morgan fingerprint density at radius 2 is 2.18 bits per heavy atom. The van der Waals surface area contributed by atoms with Crippen LogP contribution in [0.3, 0.4) is 0 Å². The molecule has 2 rings (SSSR count). The molecule has 1 aliphatic rings. The van der Waals surface area contributed by atoms with Crippen molar-refractivity contribution in [2.24, 2.45) is 5.92 Å². The fourth-order valence-electron chi connectivity index (χ4n) is 2.35. The molecule has 1 saturated heterocycles. The van der Waals surface area contributed by atoms with Crippen LogP contribution in [0.4, 0.5) is 5.69 Å². The summed E-state index contributed by atoms with van der Waals surface area (Å²) in [7, 11) is 0. The maximum absolute atomic E-state index is 9.43. The van der Waals surface area contributed by atoms with Crippen molar-refractivity contribution in [2.45, 2.75) is 39.2 Å². The number of pyridine rings is 1. The Morgan fingerprint density at radius 3 is 2.82 bits per heavy atom. The summed E-state index contributed by atoms with van der Waals surface area (Å²) in [6.45, 7) is 6.32. The average Bonchev–Trinajstić information content (AvgIpc) is 2.54. The number of anilines is 1. The number of rotatable bonds is 2. The lowest BCUT2D eigenvalue weighted by Crippen LogP contribution is -2.24. The van der Waals surface area contributed by atoms with Crippen LogP contribution in [-0.2, 0) is 0 Å². The van der Waals surface area contributed by atoms with Gasteiger partial charge in [-0.25, -0.2) is 0 Å². The molecule has 3 nitrogen and oxygen atoms in total. The quantitative estimate of drug-likeness (QED) is 0.854. The van der Waals surface area contributed by atoms with Crippen LogP contribution < -0.4 is 4.90 Å². The Kier molecular flexibility index (Phi) is 4.00. The minimum absolute atomic E-state index is 0.479. The highest BCUT2D eigenvalue weighted by atomic mass is 16.3. The van der Waals surface area contributed by atoms with Crippen molar-refractivity contribution in [3.05, 3.63) is 24.0 Å². The molecule has 0 radical (unpaired) electrons. The zero-order chi connectivity index (χ0) is 12.3. The van der Waals surface area contributed by atoms with E-state index in [0.717, 1.165) is 24.7 Å². The van der Waals surface area contributed by atoms with E-state index in [1.165, 1.54) is 24.9 Å². The maximum Gasteiger partial charge on any atom is 0.0931 e. The molecule has 1 aromatic rings. The van der Waals surface area contributed by atoms with E-state index in [1.54, 1.807) is 6.92 Å². The lowest BCUT2D eigenvalue weighted by Gasteiger charge is -2.22. The molecule has 1 aliphatic heterocycles. The van der Waals surface area contributed by atoms with Crippen LogP contribution in [0.15, 0.2) is 18.3 Å². The first-order chi connectivity index (χ1) is 8.16. The van der Waals surface area contributed by atoms with E-state index >= 15 is 0 Å². The normalized spacial score (nSPS) is 23.2. The van der Waals surface area contributed by atoms with Gasteiger partial charge in [0.1, 0.15) is 0 Å². The van der Waals surface area contributed by atoms with E-state index in [-0.39, 0.29) is 0 Å². The smallest absolute Gasteiger partial charge is 0.0931 e. The number of aliphatic hydroxyl groups is 1. The third-order valence-electron chi connectivity index (χ3n) is 3.58. The number of aromatic nitrogens is 1. The molecule has 94 valence electrons. The largest absolute Gasteiger partial charge is 0.387 e. The Labute approximate surface area is 103 Å². The van der Waals surface area contributed by atoms with Crippen molar-refractivity contribution in [1.82, 2.24) is 4.98 Å². The van der Waals surface area contributed by atoms with Crippen molar-refractivity contribution >= 4 is 5.69 Å². The predicted molar refractivity (Wildman–Crippen MR) is 70.1 cm³/mol. The first-order valence-corrected chi connectivity index (χ1v) is 6.56. The third-order valence-corrected chi connectivity index (χ3v) is 3.58. The van der Waals surface area contributed by atoms with E-state index < -0.39 is 6.10 Å². The Balaban J connectivity index is 2.06. The van der Waals surface area contributed by atoms with Crippen LogP contribution >= 0.6 is 0 Å². The topological polar surface area (TPSA) is 36.4 Å². The van der Waals surface area contributed by atoms with Crippen LogP contribution in [0.2, 0.25) is 0 Å². The van der Waals surface area contributed by atoms with Crippen molar-refractivity contribution in [2.75, 3.05) is 18.0 Å². The second kappa shape index (κ2) is 5.50. The van der Waals surface area contributed by atoms with Crippen molar-refractivity contribution in [1.29, 1.82) is 0 Å².